The van der Waals surface area contributed by atoms with Crippen molar-refractivity contribution in [2.45, 2.75) is 39.3 Å². The van der Waals surface area contributed by atoms with Crippen LogP contribution in [0.1, 0.15) is 38.8 Å². The van der Waals surface area contributed by atoms with Crippen LogP contribution in [0.15, 0.2) is 18.2 Å². The zero-order valence-corrected chi connectivity index (χ0v) is 12.3. The number of rotatable bonds is 6. The van der Waals surface area contributed by atoms with Gasteiger partial charge >= 0.3 is 0 Å². The maximum Gasteiger partial charge on any atom is 0.120 e. The molecule has 0 amide bonds. The van der Waals surface area contributed by atoms with E-state index in [1.807, 2.05) is 14.0 Å². The first kappa shape index (κ1) is 15.8. The van der Waals surface area contributed by atoms with Crippen molar-refractivity contribution in [2.75, 3.05) is 13.6 Å². The third-order valence-corrected chi connectivity index (χ3v) is 3.79. The average Bonchev–Trinajstić information content (AvgIpc) is 2.37. The van der Waals surface area contributed by atoms with Crippen LogP contribution >= 0.6 is 0 Å². The summed E-state index contributed by atoms with van der Waals surface area (Å²) in [6.07, 6.45) is 0.915. The number of phenolic OH excluding ortho intramolecular Hbond substituents is 2. The van der Waals surface area contributed by atoms with E-state index in [1.165, 1.54) is 12.1 Å². The van der Waals surface area contributed by atoms with Crippen LogP contribution in [0.25, 0.3) is 0 Å². The molecule has 2 unspecified atom stereocenters. The molecule has 0 spiro atoms. The van der Waals surface area contributed by atoms with Gasteiger partial charge in [0.1, 0.15) is 11.5 Å². The van der Waals surface area contributed by atoms with Crippen LogP contribution in [0, 0.1) is 5.92 Å². The quantitative estimate of drug-likeness (QED) is 0.692. The highest BCUT2D eigenvalue weighted by Crippen LogP contribution is 2.30. The van der Waals surface area contributed by atoms with E-state index in [4.69, 9.17) is 5.73 Å². The lowest BCUT2D eigenvalue weighted by Gasteiger charge is -2.27. The molecule has 0 saturated carbocycles. The Balaban J connectivity index is 2.66. The summed E-state index contributed by atoms with van der Waals surface area (Å²) in [6.45, 7) is 7.11. The van der Waals surface area contributed by atoms with Gasteiger partial charge in [-0.1, -0.05) is 13.8 Å². The summed E-state index contributed by atoms with van der Waals surface area (Å²) in [5.74, 6) is 0.857. The van der Waals surface area contributed by atoms with Gasteiger partial charge in [-0.3, -0.25) is 4.90 Å². The van der Waals surface area contributed by atoms with E-state index < -0.39 is 0 Å². The van der Waals surface area contributed by atoms with Crippen LogP contribution in [0.3, 0.4) is 0 Å². The molecule has 19 heavy (non-hydrogen) atoms. The van der Waals surface area contributed by atoms with Gasteiger partial charge in [-0.15, -0.1) is 0 Å². The van der Waals surface area contributed by atoms with Gasteiger partial charge in [0.05, 0.1) is 0 Å². The molecule has 1 rings (SSSR count). The largest absolute Gasteiger partial charge is 0.508 e. The van der Waals surface area contributed by atoms with E-state index in [0.29, 0.717) is 5.92 Å². The molecular weight excluding hydrogens is 240 g/mol. The van der Waals surface area contributed by atoms with E-state index >= 15 is 0 Å². The number of hydrogen-bond acceptors (Lipinski definition) is 4. The summed E-state index contributed by atoms with van der Waals surface area (Å²) in [4.78, 5) is 2.14. The highest BCUT2D eigenvalue weighted by molar-refractivity contribution is 5.40. The molecule has 0 fully saturated rings. The summed E-state index contributed by atoms with van der Waals surface area (Å²) in [5.41, 5.74) is 6.78. The summed E-state index contributed by atoms with van der Waals surface area (Å²) < 4.78 is 0. The van der Waals surface area contributed by atoms with Gasteiger partial charge in [0.2, 0.25) is 0 Å². The summed E-state index contributed by atoms with van der Waals surface area (Å²) in [6, 6.07) is 4.84. The second kappa shape index (κ2) is 6.78. The minimum atomic E-state index is 0.0338. The zero-order valence-electron chi connectivity index (χ0n) is 12.3. The third kappa shape index (κ3) is 4.40. The first-order valence-corrected chi connectivity index (χ1v) is 6.80. The molecular formula is C15H26N2O2. The maximum absolute atomic E-state index is 9.86. The fourth-order valence-corrected chi connectivity index (χ4v) is 1.99. The molecule has 0 aliphatic carbocycles. The van der Waals surface area contributed by atoms with Crippen molar-refractivity contribution in [1.29, 1.82) is 0 Å². The Kier molecular flexibility index (Phi) is 5.63. The smallest absolute Gasteiger partial charge is 0.120 e. The highest BCUT2D eigenvalue weighted by Gasteiger charge is 2.17. The van der Waals surface area contributed by atoms with Gasteiger partial charge < -0.3 is 15.9 Å². The number of nitrogens with zero attached hydrogens (tertiary/aromatic N) is 1. The number of phenols is 2. The number of hydrogen-bond donors (Lipinski definition) is 3. The van der Waals surface area contributed by atoms with Crippen LogP contribution in [0.5, 0.6) is 11.5 Å². The van der Waals surface area contributed by atoms with Gasteiger partial charge in [0.15, 0.2) is 0 Å². The minimum absolute atomic E-state index is 0.0338. The van der Waals surface area contributed by atoms with E-state index in [9.17, 15) is 10.2 Å². The van der Waals surface area contributed by atoms with Crippen molar-refractivity contribution in [2.24, 2.45) is 11.7 Å². The van der Waals surface area contributed by atoms with Crippen molar-refractivity contribution in [3.8, 4) is 11.5 Å². The van der Waals surface area contributed by atoms with Crippen molar-refractivity contribution >= 4 is 0 Å². The van der Waals surface area contributed by atoms with Gasteiger partial charge in [0, 0.05) is 17.6 Å². The number of benzene rings is 1. The molecule has 1 aromatic carbocycles. The fraction of sp³-hybridized carbons (Fsp3) is 0.600. The van der Waals surface area contributed by atoms with Crippen LogP contribution in [-0.2, 0) is 0 Å². The number of aromatic hydroxyl groups is 2. The van der Waals surface area contributed by atoms with Crippen molar-refractivity contribution < 1.29 is 10.2 Å². The molecule has 0 heterocycles. The minimum Gasteiger partial charge on any atom is -0.508 e. The lowest BCUT2D eigenvalue weighted by atomic mass is 10.0. The summed E-state index contributed by atoms with van der Waals surface area (Å²) in [7, 11) is 2.00. The molecule has 2 atom stereocenters. The molecule has 0 aromatic heterocycles. The Morgan fingerprint density at radius 3 is 2.42 bits per heavy atom. The predicted octanol–water partition coefficient (Wildman–Crippen LogP) is 2.46. The monoisotopic (exact) mass is 266 g/mol. The summed E-state index contributed by atoms with van der Waals surface area (Å²) in [5, 5.41) is 19.4. The van der Waals surface area contributed by atoms with Gasteiger partial charge in [-0.25, -0.2) is 0 Å². The Bertz CT molecular complexity index is 407. The molecule has 0 bridgehead atoms. The van der Waals surface area contributed by atoms with E-state index in [2.05, 4.69) is 18.7 Å². The molecule has 1 aromatic rings. The molecule has 0 saturated heterocycles. The zero-order chi connectivity index (χ0) is 14.6. The first-order chi connectivity index (χ1) is 8.82. The van der Waals surface area contributed by atoms with Crippen molar-refractivity contribution in [1.82, 2.24) is 4.90 Å². The van der Waals surface area contributed by atoms with Crippen molar-refractivity contribution in [3.63, 3.8) is 0 Å². The Labute approximate surface area is 115 Å². The Hall–Kier alpha value is -1.26. The van der Waals surface area contributed by atoms with Gasteiger partial charge in [-0.2, -0.15) is 0 Å². The summed E-state index contributed by atoms with van der Waals surface area (Å²) >= 11 is 0. The van der Waals surface area contributed by atoms with Crippen molar-refractivity contribution in [3.05, 3.63) is 23.8 Å². The topological polar surface area (TPSA) is 69.7 Å². The molecule has 4 N–H and O–H groups in total. The van der Waals surface area contributed by atoms with E-state index in [-0.39, 0.29) is 23.6 Å². The highest BCUT2D eigenvalue weighted by atomic mass is 16.3. The molecule has 4 nitrogen and oxygen atoms in total. The first-order valence-electron chi connectivity index (χ1n) is 6.80. The SMILES string of the molecule is CC(C)C(N)CCN(C)C(C)c1cc(O)ccc1O. The lowest BCUT2D eigenvalue weighted by Crippen LogP contribution is -2.32. The molecule has 0 aliphatic heterocycles. The Morgan fingerprint density at radius 2 is 1.84 bits per heavy atom. The fourth-order valence-electron chi connectivity index (χ4n) is 1.99. The molecule has 4 heteroatoms. The normalized spacial score (nSPS) is 14.9. The van der Waals surface area contributed by atoms with Crippen LogP contribution < -0.4 is 5.73 Å². The molecule has 0 aliphatic rings. The maximum atomic E-state index is 9.86. The number of nitrogens with two attached hydrogens (primary N) is 1. The van der Waals surface area contributed by atoms with Gasteiger partial charge in [0.25, 0.3) is 0 Å². The van der Waals surface area contributed by atoms with Gasteiger partial charge in [-0.05, 0) is 51.1 Å². The lowest BCUT2D eigenvalue weighted by molar-refractivity contribution is 0.239. The second-order valence-electron chi connectivity index (χ2n) is 5.60. The third-order valence-electron chi connectivity index (χ3n) is 3.79. The van der Waals surface area contributed by atoms with E-state index in [0.717, 1.165) is 18.5 Å². The Morgan fingerprint density at radius 1 is 1.21 bits per heavy atom. The second-order valence-corrected chi connectivity index (χ2v) is 5.60. The van der Waals surface area contributed by atoms with Crippen LogP contribution in [0.4, 0.5) is 0 Å². The van der Waals surface area contributed by atoms with Crippen LogP contribution in [0.2, 0.25) is 0 Å². The van der Waals surface area contributed by atoms with Crippen LogP contribution in [-0.4, -0.2) is 34.7 Å². The molecule has 0 radical (unpaired) electrons. The average molecular weight is 266 g/mol. The standard InChI is InChI=1S/C15H26N2O2/c1-10(2)14(16)7-8-17(4)11(3)13-9-12(18)5-6-15(13)19/h5-6,9-11,14,18-19H,7-8,16H2,1-4H3. The predicted molar refractivity (Wildman–Crippen MR) is 78.2 cm³/mol. The molecule has 108 valence electrons. The van der Waals surface area contributed by atoms with E-state index in [1.54, 1.807) is 6.07 Å².